The average Bonchev–Trinajstić information content (AvgIpc) is 3.12. The highest BCUT2D eigenvalue weighted by atomic mass is 19.3. The minimum absolute atomic E-state index is 0.0845. The minimum atomic E-state index is -2.83. The first-order chi connectivity index (χ1) is 10.1. The quantitative estimate of drug-likeness (QED) is 0.861. The summed E-state index contributed by atoms with van der Waals surface area (Å²) in [4.78, 5) is 12.0. The number of hydrogen-bond acceptors (Lipinski definition) is 5. The first-order valence-corrected chi connectivity index (χ1v) is 6.53. The van der Waals surface area contributed by atoms with E-state index in [2.05, 4.69) is 10.2 Å². The maximum absolute atomic E-state index is 12.4. The number of pyridine rings is 1. The lowest BCUT2D eigenvalue weighted by Crippen LogP contribution is -2.23. The van der Waals surface area contributed by atoms with Crippen LogP contribution in [0, 0.1) is 5.92 Å². The fourth-order valence-corrected chi connectivity index (χ4v) is 2.24. The zero-order valence-corrected chi connectivity index (χ0v) is 11.0. The summed E-state index contributed by atoms with van der Waals surface area (Å²) in [5, 5.41) is 6.75. The Labute approximate surface area is 118 Å². The largest absolute Gasteiger partial charge is 0.415 e. The van der Waals surface area contributed by atoms with Crippen LogP contribution in [0.15, 0.2) is 27.5 Å². The van der Waals surface area contributed by atoms with Crippen molar-refractivity contribution >= 4 is 0 Å². The van der Waals surface area contributed by atoms with Crippen LogP contribution in [-0.4, -0.2) is 28.0 Å². The van der Waals surface area contributed by atoms with Gasteiger partial charge in [0.1, 0.15) is 0 Å². The van der Waals surface area contributed by atoms with Crippen molar-refractivity contribution in [1.82, 2.24) is 14.8 Å². The van der Waals surface area contributed by atoms with E-state index in [1.807, 2.05) is 0 Å². The van der Waals surface area contributed by atoms with Crippen molar-refractivity contribution in [3.8, 4) is 11.5 Å². The Morgan fingerprint density at radius 1 is 1.43 bits per heavy atom. The summed E-state index contributed by atoms with van der Waals surface area (Å²) >= 11 is 0. The van der Waals surface area contributed by atoms with E-state index in [-0.39, 0.29) is 11.4 Å². The number of aromatic nitrogens is 3. The standard InChI is InChI=1S/C13H13F2N3O3/c14-11(15)13-17-16-12(21-13)9-1-3-18(10(19)5-9)6-8-2-4-20-7-8/h1,3,5,8,11H,2,4,6-7H2. The lowest BCUT2D eigenvalue weighted by molar-refractivity contribution is 0.116. The second kappa shape index (κ2) is 5.72. The van der Waals surface area contributed by atoms with Gasteiger partial charge < -0.3 is 13.7 Å². The smallest absolute Gasteiger partial charge is 0.314 e. The number of rotatable bonds is 4. The third-order valence-corrected chi connectivity index (χ3v) is 3.35. The number of halogens is 2. The molecule has 3 rings (SSSR count). The molecule has 0 N–H and O–H groups in total. The molecule has 6 nitrogen and oxygen atoms in total. The summed E-state index contributed by atoms with van der Waals surface area (Å²) in [5.41, 5.74) is 0.0921. The van der Waals surface area contributed by atoms with Crippen molar-refractivity contribution in [3.63, 3.8) is 0 Å². The van der Waals surface area contributed by atoms with E-state index in [9.17, 15) is 13.6 Å². The van der Waals surface area contributed by atoms with Crippen molar-refractivity contribution in [1.29, 1.82) is 0 Å². The van der Waals surface area contributed by atoms with Gasteiger partial charge in [0, 0.05) is 36.9 Å². The number of hydrogen-bond donors (Lipinski definition) is 0. The van der Waals surface area contributed by atoms with E-state index in [4.69, 9.17) is 9.15 Å². The zero-order chi connectivity index (χ0) is 14.8. The summed E-state index contributed by atoms with van der Waals surface area (Å²) in [6, 6.07) is 2.90. The molecular weight excluding hydrogens is 284 g/mol. The fourth-order valence-electron chi connectivity index (χ4n) is 2.24. The second-order valence-electron chi connectivity index (χ2n) is 4.88. The van der Waals surface area contributed by atoms with Gasteiger partial charge in [-0.1, -0.05) is 0 Å². The molecule has 1 saturated heterocycles. The van der Waals surface area contributed by atoms with Crippen LogP contribution in [0.2, 0.25) is 0 Å². The summed E-state index contributed by atoms with van der Waals surface area (Å²) in [6.45, 7) is 1.94. The van der Waals surface area contributed by atoms with E-state index in [1.54, 1.807) is 16.8 Å². The Bertz CT molecular complexity index is 677. The molecule has 8 heteroatoms. The van der Waals surface area contributed by atoms with Crippen LogP contribution in [0.3, 0.4) is 0 Å². The normalized spacial score (nSPS) is 18.5. The van der Waals surface area contributed by atoms with Crippen LogP contribution >= 0.6 is 0 Å². The number of nitrogens with zero attached hydrogens (tertiary/aromatic N) is 3. The Hall–Kier alpha value is -2.09. The number of ether oxygens (including phenoxy) is 1. The van der Waals surface area contributed by atoms with Gasteiger partial charge in [0.25, 0.3) is 11.4 Å². The van der Waals surface area contributed by atoms with E-state index in [0.29, 0.717) is 24.6 Å². The van der Waals surface area contributed by atoms with Crippen molar-refractivity contribution in [3.05, 3.63) is 34.6 Å². The van der Waals surface area contributed by atoms with Gasteiger partial charge in [-0.25, -0.2) is 0 Å². The van der Waals surface area contributed by atoms with Crippen LogP contribution in [0.25, 0.3) is 11.5 Å². The Kier molecular flexibility index (Phi) is 3.78. The van der Waals surface area contributed by atoms with Gasteiger partial charge in [-0.2, -0.15) is 8.78 Å². The highest BCUT2D eigenvalue weighted by molar-refractivity contribution is 5.50. The van der Waals surface area contributed by atoms with Crippen molar-refractivity contribution < 1.29 is 17.9 Å². The molecule has 1 aliphatic rings. The molecule has 1 fully saturated rings. The average molecular weight is 297 g/mol. The molecule has 2 aromatic heterocycles. The molecule has 3 heterocycles. The van der Waals surface area contributed by atoms with Crippen LogP contribution in [-0.2, 0) is 11.3 Å². The van der Waals surface area contributed by atoms with Crippen molar-refractivity contribution in [2.24, 2.45) is 5.92 Å². The zero-order valence-electron chi connectivity index (χ0n) is 11.0. The summed E-state index contributed by atoms with van der Waals surface area (Å²) in [5.74, 6) is -0.515. The van der Waals surface area contributed by atoms with Gasteiger partial charge in [-0.15, -0.1) is 10.2 Å². The highest BCUT2D eigenvalue weighted by Gasteiger charge is 2.19. The van der Waals surface area contributed by atoms with Gasteiger partial charge in [0.05, 0.1) is 6.61 Å². The van der Waals surface area contributed by atoms with Crippen LogP contribution in [0.5, 0.6) is 0 Å². The van der Waals surface area contributed by atoms with E-state index >= 15 is 0 Å². The molecule has 21 heavy (non-hydrogen) atoms. The van der Waals surface area contributed by atoms with Gasteiger partial charge in [-0.05, 0) is 12.5 Å². The lowest BCUT2D eigenvalue weighted by Gasteiger charge is -2.10. The molecular formula is C13H13F2N3O3. The molecule has 0 bridgehead atoms. The fraction of sp³-hybridized carbons (Fsp3) is 0.462. The SMILES string of the molecule is O=c1cc(-c2nnc(C(F)F)o2)ccn1CC1CCOC1. The predicted molar refractivity (Wildman–Crippen MR) is 67.9 cm³/mol. The van der Waals surface area contributed by atoms with Gasteiger partial charge in [0.15, 0.2) is 0 Å². The second-order valence-corrected chi connectivity index (χ2v) is 4.88. The van der Waals surface area contributed by atoms with E-state index in [1.165, 1.54) is 6.07 Å². The molecule has 2 aromatic rings. The molecule has 0 saturated carbocycles. The third-order valence-electron chi connectivity index (χ3n) is 3.35. The van der Waals surface area contributed by atoms with Crippen LogP contribution in [0.4, 0.5) is 8.78 Å². The Morgan fingerprint density at radius 2 is 2.29 bits per heavy atom. The first-order valence-electron chi connectivity index (χ1n) is 6.53. The monoisotopic (exact) mass is 297 g/mol. The molecule has 0 spiro atoms. The third kappa shape index (κ3) is 2.99. The van der Waals surface area contributed by atoms with Crippen molar-refractivity contribution in [2.75, 3.05) is 13.2 Å². The van der Waals surface area contributed by atoms with Gasteiger partial charge in [0.2, 0.25) is 5.89 Å². The first kappa shape index (κ1) is 13.9. The summed E-state index contributed by atoms with van der Waals surface area (Å²) in [7, 11) is 0. The summed E-state index contributed by atoms with van der Waals surface area (Å²) in [6.07, 6.45) is -0.299. The predicted octanol–water partition coefficient (Wildman–Crippen LogP) is 1.87. The Balaban J connectivity index is 1.81. The molecule has 1 unspecified atom stereocenters. The maximum Gasteiger partial charge on any atom is 0.314 e. The molecule has 0 aliphatic carbocycles. The lowest BCUT2D eigenvalue weighted by atomic mass is 10.1. The molecule has 0 aromatic carbocycles. The van der Waals surface area contributed by atoms with Crippen molar-refractivity contribution in [2.45, 2.75) is 19.4 Å². The van der Waals surface area contributed by atoms with Crippen LogP contribution < -0.4 is 5.56 Å². The molecule has 112 valence electrons. The van der Waals surface area contributed by atoms with Gasteiger partial charge >= 0.3 is 6.43 Å². The highest BCUT2D eigenvalue weighted by Crippen LogP contribution is 2.22. The number of alkyl halides is 2. The maximum atomic E-state index is 12.4. The summed E-state index contributed by atoms with van der Waals surface area (Å²) < 4.78 is 36.4. The van der Waals surface area contributed by atoms with Crippen LogP contribution in [0.1, 0.15) is 18.7 Å². The molecule has 1 aliphatic heterocycles. The molecule has 0 amide bonds. The molecule has 1 atom stereocenters. The van der Waals surface area contributed by atoms with Gasteiger partial charge in [-0.3, -0.25) is 4.79 Å². The topological polar surface area (TPSA) is 70.2 Å². The van der Waals surface area contributed by atoms with E-state index < -0.39 is 12.3 Å². The Morgan fingerprint density at radius 3 is 2.90 bits per heavy atom. The van der Waals surface area contributed by atoms with E-state index in [0.717, 1.165) is 13.0 Å². The molecule has 0 radical (unpaired) electrons. The minimum Gasteiger partial charge on any atom is -0.415 e.